The average Bonchev–Trinajstić information content (AvgIpc) is 2.68. The van der Waals surface area contributed by atoms with E-state index >= 15 is 0 Å². The molecule has 0 radical (unpaired) electrons. The van der Waals surface area contributed by atoms with Gasteiger partial charge in [-0.15, -0.1) is 10.2 Å². The molecule has 0 aliphatic heterocycles. The number of aryl methyl sites for hydroxylation is 1. The molecule has 1 aromatic heterocycles. The summed E-state index contributed by atoms with van der Waals surface area (Å²) in [5, 5.41) is 8.98. The molecule has 2 aromatic rings. The van der Waals surface area contributed by atoms with Crippen LogP contribution in [0.2, 0.25) is 0 Å². The Morgan fingerprint density at radius 2 is 1.89 bits per heavy atom. The summed E-state index contributed by atoms with van der Waals surface area (Å²) < 4.78 is 14.9. The molecule has 0 aliphatic carbocycles. The highest BCUT2D eigenvalue weighted by Gasteiger charge is 2.20. The number of hydrogen-bond donors (Lipinski definition) is 1. The van der Waals surface area contributed by atoms with E-state index in [1.807, 2.05) is 25.5 Å². The molecular formula is C13H17FN4S. The molecule has 102 valence electrons. The lowest BCUT2D eigenvalue weighted by molar-refractivity contribution is 0.625. The Morgan fingerprint density at radius 1 is 1.26 bits per heavy atom. The van der Waals surface area contributed by atoms with E-state index in [1.54, 1.807) is 23.9 Å². The van der Waals surface area contributed by atoms with Gasteiger partial charge in [0.2, 0.25) is 0 Å². The number of benzene rings is 1. The van der Waals surface area contributed by atoms with Crippen molar-refractivity contribution in [3.63, 3.8) is 0 Å². The second-order valence-corrected chi connectivity index (χ2v) is 5.65. The van der Waals surface area contributed by atoms with Gasteiger partial charge in [-0.25, -0.2) is 4.39 Å². The molecule has 2 N–H and O–H groups in total. The van der Waals surface area contributed by atoms with Gasteiger partial charge in [0.05, 0.1) is 5.25 Å². The van der Waals surface area contributed by atoms with Crippen molar-refractivity contribution in [2.45, 2.75) is 30.3 Å². The van der Waals surface area contributed by atoms with E-state index in [1.165, 1.54) is 12.1 Å². The fraction of sp³-hybridized carbons (Fsp3) is 0.385. The first kappa shape index (κ1) is 14.0. The van der Waals surface area contributed by atoms with Gasteiger partial charge in [0, 0.05) is 13.1 Å². The summed E-state index contributed by atoms with van der Waals surface area (Å²) in [6, 6.07) is 6.35. The van der Waals surface area contributed by atoms with E-state index in [-0.39, 0.29) is 17.1 Å². The SMILES string of the molecule is Cc1nnc(SC(c2ccc(F)cc2)C(C)N)n1C. The molecule has 0 saturated heterocycles. The quantitative estimate of drug-likeness (QED) is 0.874. The van der Waals surface area contributed by atoms with Gasteiger partial charge in [-0.2, -0.15) is 0 Å². The molecule has 0 amide bonds. The largest absolute Gasteiger partial charge is 0.327 e. The number of nitrogens with two attached hydrogens (primary N) is 1. The van der Waals surface area contributed by atoms with Gasteiger partial charge in [0.15, 0.2) is 5.16 Å². The second-order valence-electron chi connectivity index (χ2n) is 4.54. The first-order valence-corrected chi connectivity index (χ1v) is 6.90. The fourth-order valence-electron chi connectivity index (χ4n) is 1.74. The van der Waals surface area contributed by atoms with E-state index in [2.05, 4.69) is 10.2 Å². The zero-order valence-electron chi connectivity index (χ0n) is 11.2. The maximum atomic E-state index is 13.0. The van der Waals surface area contributed by atoms with Crippen LogP contribution in [0.25, 0.3) is 0 Å². The van der Waals surface area contributed by atoms with E-state index < -0.39 is 0 Å². The molecule has 1 aromatic carbocycles. The van der Waals surface area contributed by atoms with Gasteiger partial charge in [-0.3, -0.25) is 0 Å². The summed E-state index contributed by atoms with van der Waals surface area (Å²) in [5.74, 6) is 0.608. The van der Waals surface area contributed by atoms with Crippen LogP contribution in [-0.2, 0) is 7.05 Å². The molecule has 2 atom stereocenters. The first-order valence-electron chi connectivity index (χ1n) is 6.02. The van der Waals surface area contributed by atoms with Crippen molar-refractivity contribution in [3.05, 3.63) is 41.5 Å². The first-order chi connectivity index (χ1) is 8.99. The van der Waals surface area contributed by atoms with E-state index in [9.17, 15) is 4.39 Å². The summed E-state index contributed by atoms with van der Waals surface area (Å²) in [5.41, 5.74) is 7.03. The highest BCUT2D eigenvalue weighted by molar-refractivity contribution is 7.99. The third kappa shape index (κ3) is 3.13. The maximum Gasteiger partial charge on any atom is 0.191 e. The Bertz CT molecular complexity index is 550. The molecule has 4 nitrogen and oxygen atoms in total. The number of aromatic nitrogens is 3. The summed E-state index contributed by atoms with van der Waals surface area (Å²) in [4.78, 5) is 0. The molecular weight excluding hydrogens is 263 g/mol. The van der Waals surface area contributed by atoms with Crippen LogP contribution in [0.4, 0.5) is 4.39 Å². The minimum Gasteiger partial charge on any atom is -0.327 e. The Balaban J connectivity index is 2.26. The average molecular weight is 280 g/mol. The number of hydrogen-bond acceptors (Lipinski definition) is 4. The molecule has 2 rings (SSSR count). The van der Waals surface area contributed by atoms with Gasteiger partial charge in [-0.05, 0) is 31.5 Å². The van der Waals surface area contributed by atoms with Crippen molar-refractivity contribution in [1.82, 2.24) is 14.8 Å². The van der Waals surface area contributed by atoms with E-state index in [4.69, 9.17) is 5.73 Å². The summed E-state index contributed by atoms with van der Waals surface area (Å²) in [7, 11) is 1.92. The lowest BCUT2D eigenvalue weighted by atomic mass is 10.1. The molecule has 6 heteroatoms. The standard InChI is InChI=1S/C13H17FN4S/c1-8(15)12(10-4-6-11(14)7-5-10)19-13-17-16-9(2)18(13)3/h4-8,12H,15H2,1-3H3. The van der Waals surface area contributed by atoms with Gasteiger partial charge in [0.25, 0.3) is 0 Å². The highest BCUT2D eigenvalue weighted by Crippen LogP contribution is 2.36. The van der Waals surface area contributed by atoms with Crippen LogP contribution in [0.5, 0.6) is 0 Å². The molecule has 1 heterocycles. The van der Waals surface area contributed by atoms with E-state index in [0.717, 1.165) is 16.5 Å². The van der Waals surface area contributed by atoms with Crippen LogP contribution in [0.1, 0.15) is 23.6 Å². The third-order valence-corrected chi connectivity index (χ3v) is 4.48. The molecule has 0 fully saturated rings. The summed E-state index contributed by atoms with van der Waals surface area (Å²) >= 11 is 1.55. The topological polar surface area (TPSA) is 56.7 Å². The van der Waals surface area contributed by atoms with Crippen molar-refractivity contribution in [2.24, 2.45) is 12.8 Å². The molecule has 2 unspecified atom stereocenters. The predicted molar refractivity (Wildman–Crippen MR) is 74.4 cm³/mol. The van der Waals surface area contributed by atoms with Crippen molar-refractivity contribution in [1.29, 1.82) is 0 Å². The van der Waals surface area contributed by atoms with Gasteiger partial charge >= 0.3 is 0 Å². The van der Waals surface area contributed by atoms with Crippen LogP contribution >= 0.6 is 11.8 Å². The lowest BCUT2D eigenvalue weighted by Gasteiger charge is -2.20. The highest BCUT2D eigenvalue weighted by atomic mass is 32.2. The van der Waals surface area contributed by atoms with Gasteiger partial charge in [-0.1, -0.05) is 23.9 Å². The molecule has 0 aliphatic rings. The van der Waals surface area contributed by atoms with Gasteiger partial charge in [0.1, 0.15) is 11.6 Å². The zero-order chi connectivity index (χ0) is 14.0. The normalized spacial score (nSPS) is 14.4. The molecule has 0 saturated carbocycles. The lowest BCUT2D eigenvalue weighted by Crippen LogP contribution is -2.23. The molecule has 0 spiro atoms. The number of nitrogens with zero attached hydrogens (tertiary/aromatic N) is 3. The van der Waals surface area contributed by atoms with Crippen molar-refractivity contribution >= 4 is 11.8 Å². The maximum absolute atomic E-state index is 13.0. The Hall–Kier alpha value is -1.40. The van der Waals surface area contributed by atoms with Crippen molar-refractivity contribution in [2.75, 3.05) is 0 Å². The van der Waals surface area contributed by atoms with Crippen LogP contribution < -0.4 is 5.73 Å². The minimum atomic E-state index is -0.244. The number of thioether (sulfide) groups is 1. The van der Waals surface area contributed by atoms with Gasteiger partial charge < -0.3 is 10.3 Å². The minimum absolute atomic E-state index is 0.0166. The zero-order valence-corrected chi connectivity index (χ0v) is 12.0. The van der Waals surface area contributed by atoms with Crippen LogP contribution in [0.15, 0.2) is 29.4 Å². The van der Waals surface area contributed by atoms with Crippen LogP contribution in [0.3, 0.4) is 0 Å². The fourth-order valence-corrected chi connectivity index (χ4v) is 2.85. The van der Waals surface area contributed by atoms with Crippen LogP contribution in [-0.4, -0.2) is 20.8 Å². The Kier molecular flexibility index (Phi) is 4.21. The molecule has 19 heavy (non-hydrogen) atoms. The summed E-state index contributed by atoms with van der Waals surface area (Å²) in [6.45, 7) is 3.83. The summed E-state index contributed by atoms with van der Waals surface area (Å²) in [6.07, 6.45) is 0. The smallest absolute Gasteiger partial charge is 0.191 e. The molecule has 0 bridgehead atoms. The van der Waals surface area contributed by atoms with Crippen molar-refractivity contribution in [3.8, 4) is 0 Å². The Morgan fingerprint density at radius 3 is 2.37 bits per heavy atom. The monoisotopic (exact) mass is 280 g/mol. The van der Waals surface area contributed by atoms with Crippen LogP contribution in [0, 0.1) is 12.7 Å². The van der Waals surface area contributed by atoms with Crippen molar-refractivity contribution < 1.29 is 4.39 Å². The number of halogens is 1. The third-order valence-electron chi connectivity index (χ3n) is 2.96. The predicted octanol–water partition coefficient (Wildman–Crippen LogP) is 2.44. The second kappa shape index (κ2) is 5.71. The number of rotatable bonds is 4. The Labute approximate surface area is 116 Å². The van der Waals surface area contributed by atoms with E-state index in [0.29, 0.717) is 0 Å².